The molecule has 0 radical (unpaired) electrons. The fourth-order valence-corrected chi connectivity index (χ4v) is 1.99. The van der Waals surface area contributed by atoms with E-state index in [1.54, 1.807) is 0 Å². The number of aliphatic hydroxyl groups excluding tert-OH is 1. The van der Waals surface area contributed by atoms with Crippen molar-refractivity contribution in [2.24, 2.45) is 0 Å². The highest BCUT2D eigenvalue weighted by atomic mass is 16.3. The van der Waals surface area contributed by atoms with Gasteiger partial charge in [0.05, 0.1) is 6.04 Å². The molecule has 0 heterocycles. The summed E-state index contributed by atoms with van der Waals surface area (Å²) < 4.78 is 0. The molecular formula is C10H19NO2. The first kappa shape index (κ1) is 10.7. The topological polar surface area (TPSA) is 40.5 Å². The Hall–Kier alpha value is -0.410. The van der Waals surface area contributed by atoms with Gasteiger partial charge in [-0.1, -0.05) is 6.92 Å². The molecule has 1 fully saturated rings. The minimum Gasteiger partial charge on any atom is -0.396 e. The molecular weight excluding hydrogens is 166 g/mol. The Morgan fingerprint density at radius 2 is 2.38 bits per heavy atom. The van der Waals surface area contributed by atoms with E-state index in [2.05, 4.69) is 11.8 Å². The van der Waals surface area contributed by atoms with E-state index in [9.17, 15) is 4.79 Å². The number of hydrogen-bond donors (Lipinski definition) is 1. The largest absolute Gasteiger partial charge is 0.396 e. The summed E-state index contributed by atoms with van der Waals surface area (Å²) in [6.45, 7) is 4.06. The molecule has 1 unspecified atom stereocenters. The van der Waals surface area contributed by atoms with Gasteiger partial charge in [0.2, 0.25) is 0 Å². The van der Waals surface area contributed by atoms with Crippen LogP contribution in [-0.2, 0) is 4.79 Å². The summed E-state index contributed by atoms with van der Waals surface area (Å²) in [6.07, 6.45) is 3.58. The fourth-order valence-electron chi connectivity index (χ4n) is 1.99. The molecule has 0 aliphatic heterocycles. The van der Waals surface area contributed by atoms with Gasteiger partial charge in [0, 0.05) is 19.6 Å². The zero-order chi connectivity index (χ0) is 9.68. The molecule has 0 amide bonds. The number of ketones is 1. The van der Waals surface area contributed by atoms with Crippen molar-refractivity contribution in [2.75, 3.05) is 19.7 Å². The Kier molecular flexibility index (Phi) is 4.39. The lowest BCUT2D eigenvalue weighted by Gasteiger charge is -2.25. The number of Topliss-reactive ketones (excluding diaryl/α,β-unsaturated/α-hetero) is 1. The smallest absolute Gasteiger partial charge is 0.149 e. The maximum atomic E-state index is 11.4. The van der Waals surface area contributed by atoms with Crippen LogP contribution in [0, 0.1) is 0 Å². The van der Waals surface area contributed by atoms with Crippen molar-refractivity contribution in [2.45, 2.75) is 38.6 Å². The summed E-state index contributed by atoms with van der Waals surface area (Å²) in [5, 5.41) is 8.71. The van der Waals surface area contributed by atoms with Crippen LogP contribution in [0.3, 0.4) is 0 Å². The second-order valence-corrected chi connectivity index (χ2v) is 3.58. The highest BCUT2D eigenvalue weighted by Crippen LogP contribution is 2.20. The third kappa shape index (κ3) is 2.78. The highest BCUT2D eigenvalue weighted by molar-refractivity contribution is 5.85. The van der Waals surface area contributed by atoms with Gasteiger partial charge < -0.3 is 5.11 Å². The van der Waals surface area contributed by atoms with Crippen LogP contribution < -0.4 is 0 Å². The van der Waals surface area contributed by atoms with Crippen molar-refractivity contribution in [1.29, 1.82) is 0 Å². The maximum Gasteiger partial charge on any atom is 0.149 e. The first-order chi connectivity index (χ1) is 6.29. The number of aliphatic hydroxyl groups is 1. The predicted octanol–water partition coefficient (Wildman–Crippen LogP) is 0.812. The normalized spacial score (nSPS) is 23.0. The Balaban J connectivity index is 2.40. The molecule has 1 saturated carbocycles. The average molecular weight is 185 g/mol. The highest BCUT2D eigenvalue weighted by Gasteiger charge is 2.28. The zero-order valence-electron chi connectivity index (χ0n) is 8.33. The standard InChI is InChI=1S/C10H19NO2/c1-2-11(7-4-8-12)9-5-3-6-10(9)13/h9,12H,2-8H2,1H3. The summed E-state index contributed by atoms with van der Waals surface area (Å²) >= 11 is 0. The molecule has 76 valence electrons. The Labute approximate surface area is 79.7 Å². The third-order valence-corrected chi connectivity index (χ3v) is 2.72. The number of rotatable bonds is 5. The van der Waals surface area contributed by atoms with Crippen molar-refractivity contribution >= 4 is 5.78 Å². The van der Waals surface area contributed by atoms with Gasteiger partial charge in [0.15, 0.2) is 0 Å². The van der Waals surface area contributed by atoms with Crippen LogP contribution in [0.1, 0.15) is 32.6 Å². The molecule has 1 aliphatic rings. The third-order valence-electron chi connectivity index (χ3n) is 2.72. The molecule has 3 nitrogen and oxygen atoms in total. The summed E-state index contributed by atoms with van der Waals surface area (Å²) in [5.74, 6) is 0.389. The molecule has 0 saturated heterocycles. The summed E-state index contributed by atoms with van der Waals surface area (Å²) in [7, 11) is 0. The van der Waals surface area contributed by atoms with E-state index in [-0.39, 0.29) is 12.6 Å². The van der Waals surface area contributed by atoms with E-state index in [1.807, 2.05) is 0 Å². The molecule has 1 aliphatic carbocycles. The molecule has 3 heteroatoms. The first-order valence-electron chi connectivity index (χ1n) is 5.17. The summed E-state index contributed by atoms with van der Waals surface area (Å²) in [6, 6.07) is 0.150. The number of carbonyl (C=O) groups is 1. The van der Waals surface area contributed by atoms with Crippen LogP contribution >= 0.6 is 0 Å². The van der Waals surface area contributed by atoms with Gasteiger partial charge in [0.25, 0.3) is 0 Å². The van der Waals surface area contributed by atoms with Gasteiger partial charge in [0.1, 0.15) is 5.78 Å². The summed E-state index contributed by atoms with van der Waals surface area (Å²) in [5.41, 5.74) is 0. The van der Waals surface area contributed by atoms with E-state index in [0.717, 1.165) is 38.8 Å². The Morgan fingerprint density at radius 3 is 2.85 bits per heavy atom. The molecule has 0 bridgehead atoms. The van der Waals surface area contributed by atoms with Gasteiger partial charge in [-0.05, 0) is 25.8 Å². The van der Waals surface area contributed by atoms with E-state index in [0.29, 0.717) is 5.78 Å². The molecule has 1 rings (SSSR count). The van der Waals surface area contributed by atoms with Crippen molar-refractivity contribution in [3.63, 3.8) is 0 Å². The lowest BCUT2D eigenvalue weighted by molar-refractivity contribution is -0.121. The van der Waals surface area contributed by atoms with Crippen LogP contribution in [0.4, 0.5) is 0 Å². The second kappa shape index (κ2) is 5.35. The number of carbonyl (C=O) groups excluding carboxylic acids is 1. The van der Waals surface area contributed by atoms with Gasteiger partial charge in [-0.2, -0.15) is 0 Å². The monoisotopic (exact) mass is 185 g/mol. The van der Waals surface area contributed by atoms with Gasteiger partial charge in [-0.3, -0.25) is 9.69 Å². The van der Waals surface area contributed by atoms with E-state index < -0.39 is 0 Å². The SMILES string of the molecule is CCN(CCCO)C1CCCC1=O. The lowest BCUT2D eigenvalue weighted by atomic mass is 10.2. The second-order valence-electron chi connectivity index (χ2n) is 3.58. The number of nitrogens with zero attached hydrogens (tertiary/aromatic N) is 1. The lowest BCUT2D eigenvalue weighted by Crippen LogP contribution is -2.38. The van der Waals surface area contributed by atoms with Crippen molar-refractivity contribution in [3.8, 4) is 0 Å². The average Bonchev–Trinajstić information content (AvgIpc) is 2.54. The van der Waals surface area contributed by atoms with Crippen molar-refractivity contribution in [1.82, 2.24) is 4.90 Å². The van der Waals surface area contributed by atoms with Crippen LogP contribution in [0.15, 0.2) is 0 Å². The first-order valence-corrected chi connectivity index (χ1v) is 5.17. The van der Waals surface area contributed by atoms with Crippen LogP contribution in [-0.4, -0.2) is 41.5 Å². The van der Waals surface area contributed by atoms with E-state index >= 15 is 0 Å². The van der Waals surface area contributed by atoms with Crippen molar-refractivity contribution < 1.29 is 9.90 Å². The summed E-state index contributed by atoms with van der Waals surface area (Å²) in [4.78, 5) is 13.6. The predicted molar refractivity (Wildman–Crippen MR) is 51.6 cm³/mol. The minimum atomic E-state index is 0.150. The molecule has 0 aromatic carbocycles. The van der Waals surface area contributed by atoms with Crippen LogP contribution in [0.5, 0.6) is 0 Å². The number of hydrogen-bond acceptors (Lipinski definition) is 3. The van der Waals surface area contributed by atoms with Gasteiger partial charge >= 0.3 is 0 Å². The molecule has 13 heavy (non-hydrogen) atoms. The van der Waals surface area contributed by atoms with Gasteiger partial charge in [-0.15, -0.1) is 0 Å². The maximum absolute atomic E-state index is 11.4. The van der Waals surface area contributed by atoms with E-state index in [4.69, 9.17) is 5.11 Å². The molecule has 1 N–H and O–H groups in total. The van der Waals surface area contributed by atoms with Crippen LogP contribution in [0.25, 0.3) is 0 Å². The number of likely N-dealkylation sites (N-methyl/N-ethyl adjacent to an activating group) is 1. The van der Waals surface area contributed by atoms with Crippen LogP contribution in [0.2, 0.25) is 0 Å². The Bertz CT molecular complexity index is 170. The minimum absolute atomic E-state index is 0.150. The fraction of sp³-hybridized carbons (Fsp3) is 0.900. The molecule has 1 atom stereocenters. The van der Waals surface area contributed by atoms with Gasteiger partial charge in [-0.25, -0.2) is 0 Å². The molecule has 0 aromatic heterocycles. The molecule has 0 spiro atoms. The van der Waals surface area contributed by atoms with Crippen molar-refractivity contribution in [3.05, 3.63) is 0 Å². The van der Waals surface area contributed by atoms with E-state index in [1.165, 1.54) is 0 Å². The molecule has 0 aromatic rings. The zero-order valence-corrected chi connectivity index (χ0v) is 8.33. The quantitative estimate of drug-likeness (QED) is 0.689. The Morgan fingerprint density at radius 1 is 1.62 bits per heavy atom.